The molecule has 2 heterocycles. The molecule has 2 aromatic heterocycles. The molecule has 10 aromatic rings. The van der Waals surface area contributed by atoms with Crippen molar-refractivity contribution < 1.29 is 4.42 Å². The second kappa shape index (κ2) is 11.0. The molecule has 0 aliphatic carbocycles. The molecule has 0 fully saturated rings. The Morgan fingerprint density at radius 1 is 0.327 bits per heavy atom. The van der Waals surface area contributed by atoms with Gasteiger partial charge in [-0.25, -0.2) is 15.0 Å². The number of para-hydroxylation sites is 1. The van der Waals surface area contributed by atoms with Crippen LogP contribution in [-0.2, 0) is 0 Å². The van der Waals surface area contributed by atoms with Crippen LogP contribution in [0.3, 0.4) is 0 Å². The van der Waals surface area contributed by atoms with Crippen molar-refractivity contribution in [3.05, 3.63) is 164 Å². The van der Waals surface area contributed by atoms with Crippen molar-refractivity contribution in [2.45, 2.75) is 0 Å². The molecule has 0 amide bonds. The van der Waals surface area contributed by atoms with E-state index in [-0.39, 0.29) is 0 Å². The van der Waals surface area contributed by atoms with E-state index in [0.29, 0.717) is 17.5 Å². The molecule has 0 aliphatic heterocycles. The number of benzene rings is 8. The maximum absolute atomic E-state index is 6.55. The Hall–Kier alpha value is -6.65. The number of hydrogen-bond acceptors (Lipinski definition) is 4. The van der Waals surface area contributed by atoms with E-state index < -0.39 is 0 Å². The van der Waals surface area contributed by atoms with E-state index in [2.05, 4.69) is 121 Å². The van der Waals surface area contributed by atoms with Crippen LogP contribution in [0, 0.1) is 0 Å². The highest BCUT2D eigenvalue weighted by atomic mass is 16.3. The van der Waals surface area contributed by atoms with E-state index in [9.17, 15) is 0 Å². The fraction of sp³-hybridized carbons (Fsp3) is 0. The van der Waals surface area contributed by atoms with Gasteiger partial charge in [0, 0.05) is 33.0 Å². The third-order valence-electron chi connectivity index (χ3n) is 9.47. The van der Waals surface area contributed by atoms with Gasteiger partial charge in [-0.2, -0.15) is 0 Å². The van der Waals surface area contributed by atoms with E-state index in [0.717, 1.165) is 55.1 Å². The Labute approximate surface area is 282 Å². The lowest BCUT2D eigenvalue weighted by atomic mass is 9.96. The highest BCUT2D eigenvalue weighted by molar-refractivity contribution is 6.12. The molecule has 0 atom stereocenters. The molecule has 0 saturated carbocycles. The standard InChI is InChI=1S/C45H27N3O/c1-2-12-30(13-3-1)43-46-44(34-22-23-37-32(25-34)21-19-29-11-6-7-15-36(29)37)48-45(47-43)35-26-39(33-20-18-28-10-4-5-14-31(28)24-33)42-40(27-35)38-16-8-9-17-41(38)49-42/h1-27H. The molecule has 0 aliphatic rings. The van der Waals surface area contributed by atoms with Gasteiger partial charge in [0.25, 0.3) is 0 Å². The first-order chi connectivity index (χ1) is 24.2. The molecule has 0 spiro atoms. The SMILES string of the molecule is c1ccc(-c2nc(-c3ccc4c(ccc5ccccc54)c3)nc(-c3cc(-c4ccc5ccccc5c4)c4oc5ccccc5c4c3)n2)cc1. The Morgan fingerprint density at radius 2 is 0.918 bits per heavy atom. The van der Waals surface area contributed by atoms with Gasteiger partial charge in [-0.3, -0.25) is 0 Å². The molecule has 0 saturated heterocycles. The summed E-state index contributed by atoms with van der Waals surface area (Å²) in [4.78, 5) is 15.3. The predicted octanol–water partition coefficient (Wildman–Crippen LogP) is 11.9. The molecular weight excluding hydrogens is 599 g/mol. The van der Waals surface area contributed by atoms with Crippen LogP contribution >= 0.6 is 0 Å². The highest BCUT2D eigenvalue weighted by Gasteiger charge is 2.19. The maximum Gasteiger partial charge on any atom is 0.164 e. The van der Waals surface area contributed by atoms with Gasteiger partial charge in [-0.15, -0.1) is 0 Å². The van der Waals surface area contributed by atoms with Crippen molar-refractivity contribution >= 4 is 54.3 Å². The van der Waals surface area contributed by atoms with Gasteiger partial charge in [0.2, 0.25) is 0 Å². The minimum Gasteiger partial charge on any atom is -0.455 e. The zero-order valence-corrected chi connectivity index (χ0v) is 26.3. The average Bonchev–Trinajstić information content (AvgIpc) is 3.56. The van der Waals surface area contributed by atoms with E-state index in [4.69, 9.17) is 19.4 Å². The third kappa shape index (κ3) is 4.65. The minimum atomic E-state index is 0.608. The van der Waals surface area contributed by atoms with Crippen LogP contribution in [-0.4, -0.2) is 15.0 Å². The Balaban J connectivity index is 1.22. The van der Waals surface area contributed by atoms with E-state index in [1.165, 1.54) is 26.9 Å². The normalized spacial score (nSPS) is 11.7. The molecule has 10 rings (SSSR count). The largest absolute Gasteiger partial charge is 0.455 e. The Morgan fingerprint density at radius 3 is 1.78 bits per heavy atom. The molecule has 8 aromatic carbocycles. The Kier molecular flexibility index (Phi) is 6.15. The molecule has 228 valence electrons. The summed E-state index contributed by atoms with van der Waals surface area (Å²) >= 11 is 0. The molecule has 0 N–H and O–H groups in total. The number of aromatic nitrogens is 3. The molecule has 49 heavy (non-hydrogen) atoms. The van der Waals surface area contributed by atoms with Crippen molar-refractivity contribution in [1.82, 2.24) is 15.0 Å². The number of hydrogen-bond donors (Lipinski definition) is 0. The summed E-state index contributed by atoms with van der Waals surface area (Å²) in [6, 6.07) is 57.0. The van der Waals surface area contributed by atoms with E-state index >= 15 is 0 Å². The second-order valence-corrected chi connectivity index (χ2v) is 12.5. The lowest BCUT2D eigenvalue weighted by molar-refractivity contribution is 0.670. The van der Waals surface area contributed by atoms with Crippen molar-refractivity contribution in [2.75, 3.05) is 0 Å². The van der Waals surface area contributed by atoms with Crippen molar-refractivity contribution in [3.8, 4) is 45.3 Å². The summed E-state index contributed by atoms with van der Waals surface area (Å²) in [5, 5.41) is 9.25. The highest BCUT2D eigenvalue weighted by Crippen LogP contribution is 2.40. The molecule has 0 bridgehead atoms. The lowest BCUT2D eigenvalue weighted by Crippen LogP contribution is -2.00. The van der Waals surface area contributed by atoms with Crippen LogP contribution in [0.4, 0.5) is 0 Å². The van der Waals surface area contributed by atoms with Gasteiger partial charge in [0.1, 0.15) is 11.2 Å². The van der Waals surface area contributed by atoms with Crippen LogP contribution in [0.15, 0.2) is 168 Å². The maximum atomic E-state index is 6.55. The van der Waals surface area contributed by atoms with Crippen LogP contribution < -0.4 is 0 Å². The average molecular weight is 626 g/mol. The van der Waals surface area contributed by atoms with Crippen LogP contribution in [0.5, 0.6) is 0 Å². The summed E-state index contributed by atoms with van der Waals surface area (Å²) in [5.74, 6) is 1.86. The molecule has 0 unspecified atom stereocenters. The number of fused-ring (bicyclic) bond motifs is 7. The van der Waals surface area contributed by atoms with Gasteiger partial charge in [0.15, 0.2) is 17.5 Å². The summed E-state index contributed by atoms with van der Waals surface area (Å²) in [6.45, 7) is 0. The second-order valence-electron chi connectivity index (χ2n) is 12.5. The quantitative estimate of drug-likeness (QED) is 0.183. The number of nitrogens with zero attached hydrogens (tertiary/aromatic N) is 3. The van der Waals surface area contributed by atoms with Crippen molar-refractivity contribution in [3.63, 3.8) is 0 Å². The van der Waals surface area contributed by atoms with E-state index in [1.54, 1.807) is 0 Å². The first-order valence-corrected chi connectivity index (χ1v) is 16.4. The van der Waals surface area contributed by atoms with Crippen LogP contribution in [0.1, 0.15) is 0 Å². The summed E-state index contributed by atoms with van der Waals surface area (Å²) in [5.41, 5.74) is 6.53. The third-order valence-corrected chi connectivity index (χ3v) is 9.47. The molecule has 4 nitrogen and oxygen atoms in total. The predicted molar refractivity (Wildman–Crippen MR) is 201 cm³/mol. The first-order valence-electron chi connectivity index (χ1n) is 16.4. The number of furan rings is 1. The van der Waals surface area contributed by atoms with Crippen LogP contribution in [0.25, 0.3) is 99.5 Å². The van der Waals surface area contributed by atoms with Gasteiger partial charge < -0.3 is 4.42 Å². The monoisotopic (exact) mass is 625 g/mol. The summed E-state index contributed by atoms with van der Waals surface area (Å²) in [7, 11) is 0. The Bertz CT molecular complexity index is 2890. The molecule has 0 radical (unpaired) electrons. The number of rotatable bonds is 4. The summed E-state index contributed by atoms with van der Waals surface area (Å²) in [6.07, 6.45) is 0. The van der Waals surface area contributed by atoms with Gasteiger partial charge in [-0.1, -0.05) is 133 Å². The van der Waals surface area contributed by atoms with Gasteiger partial charge in [-0.05, 0) is 68.2 Å². The molecular formula is C45H27N3O. The summed E-state index contributed by atoms with van der Waals surface area (Å²) < 4.78 is 6.55. The topological polar surface area (TPSA) is 51.8 Å². The molecule has 4 heteroatoms. The van der Waals surface area contributed by atoms with Crippen molar-refractivity contribution in [1.29, 1.82) is 0 Å². The van der Waals surface area contributed by atoms with Crippen molar-refractivity contribution in [2.24, 2.45) is 0 Å². The van der Waals surface area contributed by atoms with Gasteiger partial charge >= 0.3 is 0 Å². The fourth-order valence-corrected chi connectivity index (χ4v) is 7.03. The van der Waals surface area contributed by atoms with Crippen LogP contribution in [0.2, 0.25) is 0 Å². The zero-order valence-electron chi connectivity index (χ0n) is 26.3. The van der Waals surface area contributed by atoms with E-state index in [1.807, 2.05) is 42.5 Å². The van der Waals surface area contributed by atoms with Gasteiger partial charge in [0.05, 0.1) is 0 Å². The first kappa shape index (κ1) is 27.5. The zero-order chi connectivity index (χ0) is 32.3. The fourth-order valence-electron chi connectivity index (χ4n) is 7.03. The smallest absolute Gasteiger partial charge is 0.164 e. The minimum absolute atomic E-state index is 0.608. The lowest BCUT2D eigenvalue weighted by Gasteiger charge is -2.12.